The molecular formula is C28H31N3O2S. The molecular weight excluding hydrogens is 442 g/mol. The minimum atomic E-state index is -0.0758. The second-order valence-electron chi connectivity index (χ2n) is 10.2. The molecule has 0 unspecified atom stereocenters. The number of nitrogens with zero attached hydrogens (tertiary/aromatic N) is 2. The zero-order chi connectivity index (χ0) is 23.9. The lowest BCUT2D eigenvalue weighted by atomic mass is 9.72. The Bertz CT molecular complexity index is 1350. The summed E-state index contributed by atoms with van der Waals surface area (Å²) >= 11 is 1.68. The highest BCUT2D eigenvalue weighted by Crippen LogP contribution is 2.45. The molecule has 34 heavy (non-hydrogen) atoms. The van der Waals surface area contributed by atoms with Gasteiger partial charge in [0.1, 0.15) is 10.8 Å². The molecule has 4 aromatic rings. The van der Waals surface area contributed by atoms with Crippen LogP contribution in [0.15, 0.2) is 58.3 Å². The van der Waals surface area contributed by atoms with Crippen molar-refractivity contribution < 1.29 is 9.21 Å². The van der Waals surface area contributed by atoms with Gasteiger partial charge in [0, 0.05) is 40.8 Å². The number of aliphatic imine (C=N–C) groups is 1. The van der Waals surface area contributed by atoms with Crippen LogP contribution in [0.1, 0.15) is 59.3 Å². The molecule has 5 rings (SSSR count). The molecule has 3 aromatic heterocycles. The lowest BCUT2D eigenvalue weighted by Gasteiger charge is -2.33. The van der Waals surface area contributed by atoms with Crippen LogP contribution in [0.25, 0.3) is 10.9 Å². The maximum atomic E-state index is 13.4. The van der Waals surface area contributed by atoms with Gasteiger partial charge in [-0.2, -0.15) is 0 Å². The van der Waals surface area contributed by atoms with Crippen LogP contribution in [-0.2, 0) is 26.4 Å². The summed E-state index contributed by atoms with van der Waals surface area (Å²) in [6.07, 6.45) is 8.64. The molecule has 0 saturated carbocycles. The van der Waals surface area contributed by atoms with Crippen LogP contribution in [0.4, 0.5) is 5.00 Å². The molecule has 1 amide bonds. The summed E-state index contributed by atoms with van der Waals surface area (Å²) in [5.74, 6) is 1.27. The summed E-state index contributed by atoms with van der Waals surface area (Å²) in [7, 11) is 2.05. The first kappa shape index (κ1) is 22.7. The molecule has 6 heteroatoms. The number of aryl methyl sites for hydroxylation is 1. The van der Waals surface area contributed by atoms with E-state index in [0.29, 0.717) is 12.5 Å². The van der Waals surface area contributed by atoms with Crippen molar-refractivity contribution in [2.45, 2.75) is 46.6 Å². The Morgan fingerprint density at radius 3 is 2.85 bits per heavy atom. The first-order chi connectivity index (χ1) is 16.3. The minimum Gasteiger partial charge on any atom is -0.467 e. The second kappa shape index (κ2) is 8.91. The van der Waals surface area contributed by atoms with E-state index in [1.165, 1.54) is 16.0 Å². The third-order valence-electron chi connectivity index (χ3n) is 6.95. The van der Waals surface area contributed by atoms with Crippen molar-refractivity contribution in [1.82, 2.24) is 9.88 Å². The highest BCUT2D eigenvalue weighted by atomic mass is 32.1. The fourth-order valence-electron chi connectivity index (χ4n) is 4.91. The maximum Gasteiger partial charge on any atom is 0.255 e. The highest BCUT2D eigenvalue weighted by molar-refractivity contribution is 7.16. The van der Waals surface area contributed by atoms with E-state index in [9.17, 15) is 4.79 Å². The van der Waals surface area contributed by atoms with Crippen molar-refractivity contribution in [1.29, 1.82) is 0 Å². The van der Waals surface area contributed by atoms with Crippen LogP contribution < -0.4 is 5.32 Å². The average Bonchev–Trinajstić information content (AvgIpc) is 3.53. The Hall–Kier alpha value is -3.12. The first-order valence-corrected chi connectivity index (χ1v) is 12.7. The number of hydrogen-bond acceptors (Lipinski definition) is 4. The fraction of sp³-hybridized carbons (Fsp3) is 0.357. The number of rotatable bonds is 5. The van der Waals surface area contributed by atoms with Crippen molar-refractivity contribution in [3.8, 4) is 0 Å². The maximum absolute atomic E-state index is 13.4. The molecule has 0 aliphatic heterocycles. The van der Waals surface area contributed by atoms with E-state index in [2.05, 4.69) is 49.0 Å². The van der Waals surface area contributed by atoms with Crippen LogP contribution in [0, 0.1) is 11.3 Å². The Balaban J connectivity index is 1.50. The van der Waals surface area contributed by atoms with Crippen molar-refractivity contribution in [3.05, 3.63) is 76.2 Å². The van der Waals surface area contributed by atoms with Crippen molar-refractivity contribution in [2.24, 2.45) is 23.4 Å². The van der Waals surface area contributed by atoms with Crippen molar-refractivity contribution in [3.63, 3.8) is 0 Å². The third kappa shape index (κ3) is 4.34. The SMILES string of the molecule is Cn1cc(C=Nc2sc3c(c2C(=O)NCc2ccco2)CC[C@@H](C(C)(C)C)C3)c2ccccc21. The molecule has 1 N–H and O–H groups in total. The minimum absolute atomic E-state index is 0.0758. The number of carbonyl (C=O) groups excluding carboxylic acids is 1. The van der Waals surface area contributed by atoms with Crippen LogP contribution in [0.5, 0.6) is 0 Å². The zero-order valence-electron chi connectivity index (χ0n) is 20.2. The Labute approximate surface area is 204 Å². The van der Waals surface area contributed by atoms with Gasteiger partial charge in [0.2, 0.25) is 0 Å². The van der Waals surface area contributed by atoms with E-state index < -0.39 is 0 Å². The largest absolute Gasteiger partial charge is 0.467 e. The van der Waals surface area contributed by atoms with Crippen LogP contribution in [-0.4, -0.2) is 16.7 Å². The number of fused-ring (bicyclic) bond motifs is 2. The van der Waals surface area contributed by atoms with Crippen molar-refractivity contribution >= 4 is 39.4 Å². The van der Waals surface area contributed by atoms with Gasteiger partial charge in [-0.15, -0.1) is 11.3 Å². The molecule has 0 bridgehead atoms. The van der Waals surface area contributed by atoms with Gasteiger partial charge in [0.15, 0.2) is 0 Å². The molecule has 1 aliphatic carbocycles. The van der Waals surface area contributed by atoms with Gasteiger partial charge in [0.25, 0.3) is 5.91 Å². The number of hydrogen-bond donors (Lipinski definition) is 1. The quantitative estimate of drug-likeness (QED) is 0.329. The molecule has 0 fully saturated rings. The number of carbonyl (C=O) groups is 1. The Morgan fingerprint density at radius 1 is 1.26 bits per heavy atom. The molecule has 0 saturated heterocycles. The van der Waals surface area contributed by atoms with E-state index >= 15 is 0 Å². The van der Waals surface area contributed by atoms with E-state index in [0.717, 1.165) is 46.5 Å². The molecule has 176 valence electrons. The Morgan fingerprint density at radius 2 is 2.09 bits per heavy atom. The monoisotopic (exact) mass is 473 g/mol. The van der Waals surface area contributed by atoms with E-state index in [-0.39, 0.29) is 11.3 Å². The molecule has 5 nitrogen and oxygen atoms in total. The van der Waals surface area contributed by atoms with Gasteiger partial charge in [-0.25, -0.2) is 4.99 Å². The van der Waals surface area contributed by atoms with Gasteiger partial charge in [0.05, 0.1) is 18.4 Å². The number of para-hydroxylation sites is 1. The van der Waals surface area contributed by atoms with Gasteiger partial charge >= 0.3 is 0 Å². The molecule has 0 spiro atoms. The van der Waals surface area contributed by atoms with E-state index in [4.69, 9.17) is 9.41 Å². The number of furan rings is 1. The van der Waals surface area contributed by atoms with E-state index in [1.54, 1.807) is 17.6 Å². The summed E-state index contributed by atoms with van der Waals surface area (Å²) in [6, 6.07) is 12.0. The average molecular weight is 474 g/mol. The summed E-state index contributed by atoms with van der Waals surface area (Å²) in [5, 5.41) is 5.00. The van der Waals surface area contributed by atoms with Crippen molar-refractivity contribution in [2.75, 3.05) is 0 Å². The number of benzene rings is 1. The van der Waals surface area contributed by atoms with Gasteiger partial charge < -0.3 is 14.3 Å². The summed E-state index contributed by atoms with van der Waals surface area (Å²) < 4.78 is 7.51. The summed E-state index contributed by atoms with van der Waals surface area (Å²) in [5.41, 5.74) is 4.37. The zero-order valence-corrected chi connectivity index (χ0v) is 21.0. The second-order valence-corrected chi connectivity index (χ2v) is 11.3. The van der Waals surface area contributed by atoms with Gasteiger partial charge in [-0.05, 0) is 54.4 Å². The molecule has 1 aliphatic rings. The lowest BCUT2D eigenvalue weighted by Crippen LogP contribution is -2.28. The van der Waals surface area contributed by atoms with Crippen LogP contribution in [0.2, 0.25) is 0 Å². The van der Waals surface area contributed by atoms with Crippen LogP contribution >= 0.6 is 11.3 Å². The lowest BCUT2D eigenvalue weighted by molar-refractivity contribution is 0.0947. The highest BCUT2D eigenvalue weighted by Gasteiger charge is 2.33. The molecule has 0 radical (unpaired) electrons. The number of nitrogens with one attached hydrogen (secondary N) is 1. The van der Waals surface area contributed by atoms with Gasteiger partial charge in [-0.1, -0.05) is 39.0 Å². The first-order valence-electron chi connectivity index (χ1n) is 11.8. The summed E-state index contributed by atoms with van der Waals surface area (Å²) in [6.45, 7) is 7.31. The number of thiophene rings is 1. The smallest absolute Gasteiger partial charge is 0.255 e. The molecule has 1 aromatic carbocycles. The topological polar surface area (TPSA) is 59.5 Å². The normalized spacial score (nSPS) is 16.3. The van der Waals surface area contributed by atoms with E-state index in [1.807, 2.05) is 37.5 Å². The summed E-state index contributed by atoms with van der Waals surface area (Å²) in [4.78, 5) is 19.6. The third-order valence-corrected chi connectivity index (χ3v) is 8.11. The predicted molar refractivity (Wildman–Crippen MR) is 139 cm³/mol. The molecule has 3 heterocycles. The Kier molecular flexibility index (Phi) is 5.94. The standard InChI is InChI=1S/C28H31N3O2S/c1-28(2,3)19-11-12-22-24(14-19)34-27(25(22)26(32)29-16-20-8-7-13-33-20)30-15-18-17-31(4)23-10-6-5-9-21(18)23/h5-10,13,15,17,19H,11-12,14,16H2,1-4H3,(H,29,32)/t19-/m1/s1. The predicted octanol–water partition coefficient (Wildman–Crippen LogP) is 6.66. The number of aromatic nitrogens is 1. The fourth-order valence-corrected chi connectivity index (χ4v) is 6.18. The van der Waals surface area contributed by atoms with Gasteiger partial charge in [-0.3, -0.25) is 4.79 Å². The number of amides is 1. The molecule has 1 atom stereocenters. The van der Waals surface area contributed by atoms with Crippen LogP contribution in [0.3, 0.4) is 0 Å².